The molecule has 30 heavy (non-hydrogen) atoms. The SMILES string of the molecule is CC(CCCOc1ccc2c#cc(=O)[nH]c2c1)CN1CCN(c2ccccc2)CC1. The van der Waals surface area contributed by atoms with Crippen molar-refractivity contribution in [1.82, 2.24) is 9.88 Å². The molecular formula is C25H29N3O2. The van der Waals surface area contributed by atoms with Crippen molar-refractivity contribution in [1.29, 1.82) is 0 Å². The second-order valence-corrected chi connectivity index (χ2v) is 8.13. The highest BCUT2D eigenvalue weighted by molar-refractivity contribution is 5.77. The standard InChI is InChI=1S/C25H29N3O2/c1-20(19-27-13-15-28(16-14-27)22-7-3-2-4-8-22)6-5-17-30-23-11-9-21-10-12-25(29)26-24(21)18-23/h2-4,7-9,11,18,20H,5-6,13-17,19H2,1H3,(H,26,29). The predicted molar refractivity (Wildman–Crippen MR) is 121 cm³/mol. The van der Waals surface area contributed by atoms with E-state index in [1.807, 2.05) is 18.2 Å². The molecule has 1 atom stereocenters. The van der Waals surface area contributed by atoms with Crippen LogP contribution in [0.3, 0.4) is 0 Å². The average Bonchev–Trinajstić information content (AvgIpc) is 2.77. The first-order chi connectivity index (χ1) is 14.7. The lowest BCUT2D eigenvalue weighted by atomic mass is 10.0. The zero-order valence-corrected chi connectivity index (χ0v) is 17.6. The topological polar surface area (TPSA) is 48.6 Å². The van der Waals surface area contributed by atoms with Crippen LogP contribution in [-0.2, 0) is 0 Å². The van der Waals surface area contributed by atoms with Crippen LogP contribution in [-0.4, -0.2) is 49.2 Å². The van der Waals surface area contributed by atoms with Gasteiger partial charge in [-0.3, -0.25) is 9.69 Å². The van der Waals surface area contributed by atoms with Gasteiger partial charge in [-0.1, -0.05) is 31.2 Å². The van der Waals surface area contributed by atoms with Crippen LogP contribution in [0, 0.1) is 18.1 Å². The Kier molecular flexibility index (Phi) is 6.56. The molecule has 2 aromatic carbocycles. The van der Waals surface area contributed by atoms with E-state index in [-0.39, 0.29) is 5.56 Å². The average molecular weight is 404 g/mol. The van der Waals surface area contributed by atoms with Crippen LogP contribution in [0.4, 0.5) is 5.69 Å². The van der Waals surface area contributed by atoms with Gasteiger partial charge in [-0.25, -0.2) is 0 Å². The Bertz CT molecular complexity index is 994. The van der Waals surface area contributed by atoms with Crippen LogP contribution in [0.15, 0.2) is 53.3 Å². The van der Waals surface area contributed by atoms with E-state index in [1.54, 1.807) is 0 Å². The third kappa shape index (κ3) is 5.34. The van der Waals surface area contributed by atoms with Crippen molar-refractivity contribution in [3.63, 3.8) is 0 Å². The summed E-state index contributed by atoms with van der Waals surface area (Å²) in [5, 5.41) is 0.836. The van der Waals surface area contributed by atoms with Gasteiger partial charge in [0.05, 0.1) is 12.1 Å². The van der Waals surface area contributed by atoms with Gasteiger partial charge in [-0.05, 0) is 43.0 Å². The molecule has 0 bridgehead atoms. The Labute approximate surface area is 178 Å². The molecule has 1 aromatic heterocycles. The van der Waals surface area contributed by atoms with Crippen molar-refractivity contribution in [2.45, 2.75) is 19.8 Å². The number of aromatic amines is 1. The van der Waals surface area contributed by atoms with Crippen LogP contribution >= 0.6 is 0 Å². The van der Waals surface area contributed by atoms with Gasteiger partial charge < -0.3 is 14.6 Å². The van der Waals surface area contributed by atoms with Gasteiger partial charge in [0.1, 0.15) is 5.75 Å². The summed E-state index contributed by atoms with van der Waals surface area (Å²) in [6.45, 7) is 8.60. The van der Waals surface area contributed by atoms with E-state index in [0.29, 0.717) is 12.5 Å². The molecule has 3 aromatic rings. The molecule has 1 fully saturated rings. The quantitative estimate of drug-likeness (QED) is 0.582. The van der Waals surface area contributed by atoms with Gasteiger partial charge in [-0.15, -0.1) is 0 Å². The summed E-state index contributed by atoms with van der Waals surface area (Å²) in [6.07, 6.45) is 2.17. The largest absolute Gasteiger partial charge is 0.494 e. The van der Waals surface area contributed by atoms with Gasteiger partial charge in [0, 0.05) is 55.9 Å². The molecule has 1 saturated heterocycles. The predicted octanol–water partition coefficient (Wildman–Crippen LogP) is 3.75. The molecule has 0 spiro atoms. The highest BCUT2D eigenvalue weighted by atomic mass is 16.5. The first-order valence-electron chi connectivity index (χ1n) is 10.8. The Hall–Kier alpha value is -2.97. The van der Waals surface area contributed by atoms with Crippen molar-refractivity contribution < 1.29 is 4.74 Å². The zero-order chi connectivity index (χ0) is 20.8. The number of piperazine rings is 1. The van der Waals surface area contributed by atoms with E-state index >= 15 is 0 Å². The summed E-state index contributed by atoms with van der Waals surface area (Å²) in [5.74, 6) is 1.43. The monoisotopic (exact) mass is 403 g/mol. The number of ether oxygens (including phenoxy) is 1. The fourth-order valence-corrected chi connectivity index (χ4v) is 4.08. The molecule has 5 heteroatoms. The molecule has 1 unspecified atom stereocenters. The fourth-order valence-electron chi connectivity index (χ4n) is 4.08. The van der Waals surface area contributed by atoms with Crippen LogP contribution in [0.5, 0.6) is 5.75 Å². The van der Waals surface area contributed by atoms with Gasteiger partial charge in [0.25, 0.3) is 0 Å². The minimum atomic E-state index is -0.266. The fraction of sp³-hybridized carbons (Fsp3) is 0.400. The van der Waals surface area contributed by atoms with E-state index in [1.165, 1.54) is 5.69 Å². The number of H-pyrrole nitrogens is 1. The summed E-state index contributed by atoms with van der Waals surface area (Å²) in [7, 11) is 0. The number of rotatable bonds is 8. The van der Waals surface area contributed by atoms with Gasteiger partial charge in [0.2, 0.25) is 0 Å². The maximum absolute atomic E-state index is 11.4. The Morgan fingerprint density at radius 3 is 2.67 bits per heavy atom. The summed E-state index contributed by atoms with van der Waals surface area (Å²) in [6, 6.07) is 21.7. The smallest absolute Gasteiger partial charge is 0.300 e. The molecule has 0 aliphatic carbocycles. The molecule has 0 amide bonds. The van der Waals surface area contributed by atoms with Crippen LogP contribution in [0.2, 0.25) is 0 Å². The molecule has 0 radical (unpaired) electrons. The molecule has 1 aliphatic rings. The minimum absolute atomic E-state index is 0.266. The van der Waals surface area contributed by atoms with Gasteiger partial charge >= 0.3 is 5.56 Å². The first kappa shape index (κ1) is 20.3. The Balaban J connectivity index is 1.16. The number of hydrogen-bond acceptors (Lipinski definition) is 4. The van der Waals surface area contributed by atoms with E-state index in [9.17, 15) is 4.79 Å². The normalized spacial score (nSPS) is 15.7. The molecular weight excluding hydrogens is 374 g/mol. The van der Waals surface area contributed by atoms with Crippen molar-refractivity contribution in [3.8, 4) is 5.75 Å². The van der Waals surface area contributed by atoms with E-state index in [2.05, 4.69) is 64.2 Å². The van der Waals surface area contributed by atoms with Gasteiger partial charge in [-0.2, -0.15) is 0 Å². The third-order valence-electron chi connectivity index (χ3n) is 5.72. The maximum atomic E-state index is 11.4. The van der Waals surface area contributed by atoms with E-state index in [0.717, 1.165) is 62.2 Å². The second kappa shape index (κ2) is 9.69. The minimum Gasteiger partial charge on any atom is -0.494 e. The number of fused-ring (bicyclic) bond motifs is 1. The summed E-state index contributed by atoms with van der Waals surface area (Å²) in [5.41, 5.74) is 1.80. The lowest BCUT2D eigenvalue weighted by molar-refractivity contribution is 0.211. The highest BCUT2D eigenvalue weighted by Gasteiger charge is 2.18. The van der Waals surface area contributed by atoms with Crippen molar-refractivity contribution in [2.24, 2.45) is 5.92 Å². The first-order valence-corrected chi connectivity index (χ1v) is 10.8. The summed E-state index contributed by atoms with van der Waals surface area (Å²) >= 11 is 0. The number of nitrogens with zero attached hydrogens (tertiary/aromatic N) is 2. The zero-order valence-electron chi connectivity index (χ0n) is 17.6. The molecule has 4 rings (SSSR count). The molecule has 5 nitrogen and oxygen atoms in total. The lowest BCUT2D eigenvalue weighted by Crippen LogP contribution is -2.47. The third-order valence-corrected chi connectivity index (χ3v) is 5.72. The van der Waals surface area contributed by atoms with Crippen LogP contribution in [0.1, 0.15) is 19.8 Å². The molecule has 156 valence electrons. The number of nitrogens with one attached hydrogen (secondary N) is 1. The van der Waals surface area contributed by atoms with E-state index in [4.69, 9.17) is 4.74 Å². The van der Waals surface area contributed by atoms with Crippen LogP contribution in [0.25, 0.3) is 10.9 Å². The van der Waals surface area contributed by atoms with E-state index < -0.39 is 0 Å². The number of para-hydroxylation sites is 1. The Morgan fingerprint density at radius 1 is 1.07 bits per heavy atom. The number of hydrogen-bond donors (Lipinski definition) is 1. The molecule has 0 saturated carbocycles. The highest BCUT2D eigenvalue weighted by Crippen LogP contribution is 2.19. The molecule has 2 heterocycles. The number of anilines is 1. The van der Waals surface area contributed by atoms with Crippen molar-refractivity contribution >= 4 is 16.6 Å². The summed E-state index contributed by atoms with van der Waals surface area (Å²) < 4.78 is 5.89. The summed E-state index contributed by atoms with van der Waals surface area (Å²) in [4.78, 5) is 19.2. The maximum Gasteiger partial charge on any atom is 0.300 e. The van der Waals surface area contributed by atoms with Crippen LogP contribution < -0.4 is 15.2 Å². The number of benzene rings is 2. The van der Waals surface area contributed by atoms with Crippen molar-refractivity contribution in [2.75, 3.05) is 44.2 Å². The molecule has 1 N–H and O–H groups in total. The van der Waals surface area contributed by atoms with Gasteiger partial charge in [0.15, 0.2) is 0 Å². The second-order valence-electron chi connectivity index (χ2n) is 8.13. The Morgan fingerprint density at radius 2 is 1.87 bits per heavy atom. The molecule has 1 aliphatic heterocycles. The van der Waals surface area contributed by atoms with Crippen molar-refractivity contribution in [3.05, 3.63) is 71.0 Å². The number of aromatic nitrogens is 1. The lowest BCUT2D eigenvalue weighted by Gasteiger charge is -2.37.